The summed E-state index contributed by atoms with van der Waals surface area (Å²) in [6.07, 6.45) is 1.64. The summed E-state index contributed by atoms with van der Waals surface area (Å²) in [4.78, 5) is 0. The van der Waals surface area contributed by atoms with E-state index in [4.69, 9.17) is 13.9 Å². The highest BCUT2D eigenvalue weighted by atomic mass is 35.5. The highest BCUT2D eigenvalue weighted by Gasteiger charge is 2.12. The molecule has 1 N–H and O–H groups in total. The maximum Gasteiger partial charge on any atom is 0.166 e. The van der Waals surface area contributed by atoms with Crippen molar-refractivity contribution in [3.8, 4) is 11.5 Å². The molecule has 0 fully saturated rings. The number of hydrogen-bond acceptors (Lipinski definition) is 4. The first-order chi connectivity index (χ1) is 12.3. The molecule has 0 aliphatic rings. The van der Waals surface area contributed by atoms with Crippen LogP contribution in [0.1, 0.15) is 16.9 Å². The predicted octanol–water partition coefficient (Wildman–Crippen LogP) is 1.30. The minimum absolute atomic E-state index is 0. The van der Waals surface area contributed by atoms with Crippen molar-refractivity contribution in [3.63, 3.8) is 0 Å². The van der Waals surface area contributed by atoms with Crippen molar-refractivity contribution in [2.24, 2.45) is 0 Å². The van der Waals surface area contributed by atoms with Crippen LogP contribution in [0, 0.1) is 5.82 Å². The number of ether oxygens (including phenoxy) is 2. The summed E-state index contributed by atoms with van der Waals surface area (Å²) in [5, 5.41) is 3.30. The van der Waals surface area contributed by atoms with Gasteiger partial charge in [0.25, 0.3) is 0 Å². The number of hydrogen-bond donors (Lipinski definition) is 1. The zero-order valence-electron chi connectivity index (χ0n) is 14.4. The van der Waals surface area contributed by atoms with Gasteiger partial charge < -0.3 is 31.6 Å². The Labute approximate surface area is 158 Å². The number of nitrogens with one attached hydrogen (secondary N) is 1. The zero-order valence-corrected chi connectivity index (χ0v) is 15.1. The van der Waals surface area contributed by atoms with E-state index in [2.05, 4.69) is 5.32 Å². The van der Waals surface area contributed by atoms with Crippen LogP contribution in [0.5, 0.6) is 11.5 Å². The van der Waals surface area contributed by atoms with Gasteiger partial charge in [-0.05, 0) is 24.3 Å². The summed E-state index contributed by atoms with van der Waals surface area (Å²) in [5.41, 5.74) is 1.44. The molecule has 26 heavy (non-hydrogen) atoms. The second-order valence-electron chi connectivity index (χ2n) is 5.51. The second kappa shape index (κ2) is 9.85. The van der Waals surface area contributed by atoms with Crippen molar-refractivity contribution in [2.75, 3.05) is 7.11 Å². The first kappa shape index (κ1) is 19.8. The Morgan fingerprint density at radius 2 is 1.77 bits per heavy atom. The molecule has 1 heterocycles. The van der Waals surface area contributed by atoms with Crippen LogP contribution in [-0.4, -0.2) is 7.11 Å². The molecule has 3 rings (SSSR count). The van der Waals surface area contributed by atoms with E-state index in [1.54, 1.807) is 31.6 Å². The van der Waals surface area contributed by atoms with E-state index in [9.17, 15) is 4.39 Å². The Morgan fingerprint density at radius 3 is 2.50 bits per heavy atom. The van der Waals surface area contributed by atoms with Crippen molar-refractivity contribution in [1.82, 2.24) is 5.32 Å². The average molecular weight is 377 g/mol. The Hall–Kier alpha value is -2.50. The molecular formula is C20H20ClFNO3-. The number of para-hydroxylation sites is 1. The average Bonchev–Trinajstić information content (AvgIpc) is 3.15. The Bertz CT molecular complexity index is 809. The van der Waals surface area contributed by atoms with Gasteiger partial charge in [0.1, 0.15) is 18.2 Å². The van der Waals surface area contributed by atoms with Crippen LogP contribution in [0.3, 0.4) is 0 Å². The van der Waals surface area contributed by atoms with E-state index < -0.39 is 0 Å². The first-order valence-corrected chi connectivity index (χ1v) is 8.03. The number of methoxy groups -OCH3 is 1. The standard InChI is InChI=1S/C20H20FNO3.ClH/c1-23-19-10-4-7-15(12-22-13-17-8-5-11-24-17)20(19)25-14-16-6-2-3-9-18(16)21;/h2-11,22H,12-14H2,1H3;1H/p-1. The minimum Gasteiger partial charge on any atom is -1.00 e. The van der Waals surface area contributed by atoms with Gasteiger partial charge in [0, 0.05) is 17.7 Å². The molecule has 0 spiro atoms. The Kier molecular flexibility index (Phi) is 7.51. The molecule has 0 aliphatic carbocycles. The second-order valence-corrected chi connectivity index (χ2v) is 5.51. The number of furan rings is 1. The van der Waals surface area contributed by atoms with Gasteiger partial charge >= 0.3 is 0 Å². The highest BCUT2D eigenvalue weighted by Crippen LogP contribution is 2.32. The number of halogens is 2. The molecule has 0 saturated heterocycles. The van der Waals surface area contributed by atoms with Crippen molar-refractivity contribution in [2.45, 2.75) is 19.7 Å². The number of rotatable bonds is 8. The van der Waals surface area contributed by atoms with Crippen LogP contribution >= 0.6 is 0 Å². The Balaban J connectivity index is 0.00000243. The molecule has 3 aromatic rings. The van der Waals surface area contributed by atoms with Crippen LogP contribution in [0.2, 0.25) is 0 Å². The van der Waals surface area contributed by atoms with Crippen LogP contribution in [-0.2, 0) is 19.7 Å². The van der Waals surface area contributed by atoms with Gasteiger partial charge in [0.05, 0.1) is 19.9 Å². The lowest BCUT2D eigenvalue weighted by atomic mass is 10.1. The molecular weight excluding hydrogens is 357 g/mol. The van der Waals surface area contributed by atoms with Crippen molar-refractivity contribution in [1.29, 1.82) is 0 Å². The van der Waals surface area contributed by atoms with Gasteiger partial charge in [-0.2, -0.15) is 0 Å². The fourth-order valence-electron chi connectivity index (χ4n) is 2.52. The molecule has 0 aliphatic heterocycles. The van der Waals surface area contributed by atoms with Gasteiger partial charge in [0.2, 0.25) is 0 Å². The van der Waals surface area contributed by atoms with E-state index >= 15 is 0 Å². The summed E-state index contributed by atoms with van der Waals surface area (Å²) in [7, 11) is 1.59. The fourth-order valence-corrected chi connectivity index (χ4v) is 2.52. The van der Waals surface area contributed by atoms with Gasteiger partial charge in [0.15, 0.2) is 11.5 Å². The van der Waals surface area contributed by atoms with Gasteiger partial charge in [-0.25, -0.2) is 4.39 Å². The molecule has 138 valence electrons. The summed E-state index contributed by atoms with van der Waals surface area (Å²) in [5.74, 6) is 1.81. The summed E-state index contributed by atoms with van der Waals surface area (Å²) >= 11 is 0. The topological polar surface area (TPSA) is 43.6 Å². The quantitative estimate of drug-likeness (QED) is 0.643. The van der Waals surface area contributed by atoms with Gasteiger partial charge in [-0.3, -0.25) is 0 Å². The molecule has 1 aromatic heterocycles. The van der Waals surface area contributed by atoms with Gasteiger partial charge in [-0.1, -0.05) is 30.3 Å². The van der Waals surface area contributed by atoms with E-state index in [-0.39, 0.29) is 24.8 Å². The third kappa shape index (κ3) is 5.00. The lowest BCUT2D eigenvalue weighted by molar-refractivity contribution is -0.00000674. The third-order valence-electron chi connectivity index (χ3n) is 3.80. The molecule has 0 unspecified atom stereocenters. The monoisotopic (exact) mass is 376 g/mol. The van der Waals surface area contributed by atoms with E-state index in [1.807, 2.05) is 30.3 Å². The van der Waals surface area contributed by atoms with Crippen LogP contribution in [0.15, 0.2) is 65.3 Å². The molecule has 0 radical (unpaired) electrons. The fraction of sp³-hybridized carbons (Fsp3) is 0.200. The van der Waals surface area contributed by atoms with E-state index in [0.717, 1.165) is 11.3 Å². The van der Waals surface area contributed by atoms with Crippen molar-refractivity contribution in [3.05, 3.63) is 83.6 Å². The SMILES string of the molecule is COc1cccc(CNCc2ccco2)c1OCc1ccccc1F.[Cl-]. The zero-order chi connectivity index (χ0) is 17.5. The summed E-state index contributed by atoms with van der Waals surface area (Å²) < 4.78 is 30.4. The summed E-state index contributed by atoms with van der Waals surface area (Å²) in [6.45, 7) is 1.32. The van der Waals surface area contributed by atoms with Crippen LogP contribution < -0.4 is 27.2 Å². The first-order valence-electron chi connectivity index (χ1n) is 8.03. The van der Waals surface area contributed by atoms with Crippen molar-refractivity contribution < 1.29 is 30.7 Å². The maximum atomic E-state index is 13.8. The predicted molar refractivity (Wildman–Crippen MR) is 93.0 cm³/mol. The van der Waals surface area contributed by atoms with Crippen LogP contribution in [0.4, 0.5) is 4.39 Å². The largest absolute Gasteiger partial charge is 1.00 e. The number of benzene rings is 2. The Morgan fingerprint density at radius 1 is 0.962 bits per heavy atom. The lowest BCUT2D eigenvalue weighted by Gasteiger charge is -2.15. The smallest absolute Gasteiger partial charge is 0.166 e. The maximum absolute atomic E-state index is 13.8. The molecule has 0 atom stereocenters. The van der Waals surface area contributed by atoms with Gasteiger partial charge in [-0.15, -0.1) is 0 Å². The molecule has 4 nitrogen and oxygen atoms in total. The normalized spacial score (nSPS) is 10.2. The van der Waals surface area contributed by atoms with E-state index in [0.29, 0.717) is 30.2 Å². The minimum atomic E-state index is -0.283. The highest BCUT2D eigenvalue weighted by molar-refractivity contribution is 5.46. The van der Waals surface area contributed by atoms with Crippen molar-refractivity contribution >= 4 is 0 Å². The van der Waals surface area contributed by atoms with Crippen LogP contribution in [0.25, 0.3) is 0 Å². The summed E-state index contributed by atoms with van der Waals surface area (Å²) in [6, 6.07) is 16.0. The van der Waals surface area contributed by atoms with E-state index in [1.165, 1.54) is 6.07 Å². The molecule has 0 saturated carbocycles. The molecule has 6 heteroatoms. The molecule has 0 bridgehead atoms. The lowest BCUT2D eigenvalue weighted by Crippen LogP contribution is -3.00. The molecule has 0 amide bonds. The third-order valence-corrected chi connectivity index (χ3v) is 3.80. The molecule has 2 aromatic carbocycles.